The molecule has 10 rings (SSSR count). The molecule has 15 nitrogen and oxygen atoms in total. The van der Waals surface area contributed by atoms with Gasteiger partial charge in [0.1, 0.15) is 17.2 Å². The number of hydrogen-bond acceptors (Lipinski definition) is 15. The molecular weight excluding hydrogens is 1310 g/mol. The number of rotatable bonds is 30. The number of aliphatic hydroxyl groups excluding tert-OH is 5. The molecule has 0 amide bonds. The van der Waals surface area contributed by atoms with Crippen LogP contribution < -0.4 is 50.3 Å². The Morgan fingerprint density at radius 2 is 0.610 bits per heavy atom. The van der Waals surface area contributed by atoms with Crippen LogP contribution in [0.15, 0.2) is 255 Å². The number of methoxy groups -OCH3 is 5. The number of aliphatic hydroxyl groups is 5. The third kappa shape index (κ3) is 30.1. The molecule has 564 valence electrons. The van der Waals surface area contributed by atoms with Gasteiger partial charge in [0.25, 0.3) is 0 Å². The van der Waals surface area contributed by atoms with E-state index in [2.05, 4.69) is 63.8 Å². The Hall–Kier alpha value is -9.20. The molecule has 0 aliphatic rings. The largest absolute Gasteiger partial charge is 0.497 e. The van der Waals surface area contributed by atoms with E-state index in [1.807, 2.05) is 273 Å². The molecule has 0 aromatic heterocycles. The fourth-order valence-corrected chi connectivity index (χ4v) is 11.4. The minimum atomic E-state index is -0.544. The van der Waals surface area contributed by atoms with Crippen LogP contribution in [-0.2, 0) is 32.7 Å². The summed E-state index contributed by atoms with van der Waals surface area (Å²) in [5.74, 6) is 4.06. The maximum atomic E-state index is 10.4. The molecule has 10 N–H and O–H groups in total. The predicted octanol–water partition coefficient (Wildman–Crippen LogP) is 16.7. The van der Waals surface area contributed by atoms with Gasteiger partial charge in [0.15, 0.2) is 11.5 Å². The van der Waals surface area contributed by atoms with Crippen LogP contribution in [0.2, 0.25) is 0 Å². The second kappa shape index (κ2) is 48.0. The Morgan fingerprint density at radius 1 is 0.276 bits per heavy atom. The van der Waals surface area contributed by atoms with Crippen LogP contribution in [0.3, 0.4) is 0 Å². The summed E-state index contributed by atoms with van der Waals surface area (Å²) in [5, 5.41) is 68.4. The highest BCUT2D eigenvalue weighted by molar-refractivity contribution is 5.49. The van der Waals surface area contributed by atoms with E-state index in [1.54, 1.807) is 35.5 Å². The topological polar surface area (TPSA) is 207 Å². The van der Waals surface area contributed by atoms with Gasteiger partial charge in [-0.25, -0.2) is 0 Å². The van der Waals surface area contributed by atoms with Crippen LogP contribution in [0.25, 0.3) is 0 Å². The van der Waals surface area contributed by atoms with Gasteiger partial charge in [0.05, 0.1) is 66.1 Å². The van der Waals surface area contributed by atoms with Crippen LogP contribution in [0.1, 0.15) is 152 Å². The summed E-state index contributed by atoms with van der Waals surface area (Å²) in [6, 6.07) is 82.8. The van der Waals surface area contributed by atoms with Gasteiger partial charge < -0.3 is 75.8 Å². The zero-order valence-corrected chi connectivity index (χ0v) is 62.3. The van der Waals surface area contributed by atoms with Crippen molar-refractivity contribution < 1.29 is 49.2 Å². The van der Waals surface area contributed by atoms with Crippen molar-refractivity contribution in [1.29, 1.82) is 0 Å². The Morgan fingerprint density at radius 3 is 0.981 bits per heavy atom. The highest BCUT2D eigenvalue weighted by Gasteiger charge is 2.21. The summed E-state index contributed by atoms with van der Waals surface area (Å²) in [6.45, 7) is 19.5. The molecule has 0 aliphatic carbocycles. The van der Waals surface area contributed by atoms with Crippen molar-refractivity contribution in [3.05, 3.63) is 327 Å². The molecule has 0 saturated heterocycles. The number of nitrogens with one attached hydrogen (secondary N) is 5. The normalized spacial score (nSPS) is 13.5. The first kappa shape index (κ1) is 88.2. The summed E-state index contributed by atoms with van der Waals surface area (Å²) in [6.07, 6.45) is -2.57. The molecular formula is C90H119N5O10. The molecule has 10 atom stereocenters. The van der Waals surface area contributed by atoms with E-state index in [0.29, 0.717) is 26.2 Å². The second-order valence-electron chi connectivity index (χ2n) is 25.8. The van der Waals surface area contributed by atoms with Gasteiger partial charge in [-0.05, 0) is 153 Å². The Kier molecular flexibility index (Phi) is 40.3. The summed E-state index contributed by atoms with van der Waals surface area (Å²) in [5.41, 5.74) is 13.7. The monoisotopic (exact) mass is 1430 g/mol. The average Bonchev–Trinajstić information content (AvgIpc) is 0.835. The molecule has 10 aromatic rings. The molecule has 10 aromatic carbocycles. The molecule has 0 radical (unpaired) electrons. The van der Waals surface area contributed by atoms with Crippen molar-refractivity contribution in [2.24, 2.45) is 0 Å². The molecule has 0 spiro atoms. The summed E-state index contributed by atoms with van der Waals surface area (Å²) < 4.78 is 26.6. The Bertz CT molecular complexity index is 3940. The third-order valence-electron chi connectivity index (χ3n) is 17.7. The molecule has 15 heteroatoms. The fraction of sp³-hybridized carbons (Fsp3) is 0.333. The Labute approximate surface area is 627 Å². The molecule has 0 fully saturated rings. The molecule has 105 heavy (non-hydrogen) atoms. The van der Waals surface area contributed by atoms with Crippen LogP contribution in [0.4, 0.5) is 0 Å². The lowest BCUT2D eigenvalue weighted by molar-refractivity contribution is 0.135. The van der Waals surface area contributed by atoms with Crippen molar-refractivity contribution in [3.63, 3.8) is 0 Å². The summed E-state index contributed by atoms with van der Waals surface area (Å²) in [7, 11) is 8.29. The predicted molar refractivity (Wildman–Crippen MR) is 431 cm³/mol. The van der Waals surface area contributed by atoms with Gasteiger partial charge in [-0.2, -0.15) is 0 Å². The number of benzene rings is 10. The number of aryl methyl sites for hydroxylation is 3. The van der Waals surface area contributed by atoms with Crippen LogP contribution in [-0.4, -0.2) is 91.3 Å². The minimum absolute atomic E-state index is 0. The van der Waals surface area contributed by atoms with E-state index in [-0.39, 0.29) is 45.1 Å². The molecule has 0 aliphatic heterocycles. The molecule has 0 bridgehead atoms. The van der Waals surface area contributed by atoms with Crippen molar-refractivity contribution in [3.8, 4) is 28.7 Å². The quantitative estimate of drug-likeness (QED) is 0.0203. The van der Waals surface area contributed by atoms with Gasteiger partial charge in [-0.1, -0.05) is 239 Å². The minimum Gasteiger partial charge on any atom is -0.497 e. The lowest BCUT2D eigenvalue weighted by Crippen LogP contribution is -2.31. The second-order valence-corrected chi connectivity index (χ2v) is 25.8. The lowest BCUT2D eigenvalue weighted by Gasteiger charge is -2.21. The number of ether oxygens (including phenoxy) is 5. The first-order valence-electron chi connectivity index (χ1n) is 35.2. The van der Waals surface area contributed by atoms with Gasteiger partial charge in [0.2, 0.25) is 0 Å². The van der Waals surface area contributed by atoms with Crippen molar-refractivity contribution in [2.45, 2.75) is 164 Å². The molecule has 0 saturated carbocycles. The average molecular weight is 1430 g/mol. The first-order valence-corrected chi connectivity index (χ1v) is 35.2. The van der Waals surface area contributed by atoms with E-state index in [4.69, 9.17) is 23.7 Å². The van der Waals surface area contributed by atoms with Gasteiger partial charge in [-0.15, -0.1) is 0 Å². The third-order valence-corrected chi connectivity index (χ3v) is 17.7. The van der Waals surface area contributed by atoms with Crippen molar-refractivity contribution in [1.82, 2.24) is 26.6 Å². The zero-order valence-electron chi connectivity index (χ0n) is 62.3. The van der Waals surface area contributed by atoms with E-state index in [1.165, 1.54) is 16.7 Å². The fourth-order valence-electron chi connectivity index (χ4n) is 11.4. The van der Waals surface area contributed by atoms with Crippen molar-refractivity contribution >= 4 is 0 Å². The summed E-state index contributed by atoms with van der Waals surface area (Å²) in [4.78, 5) is 0. The maximum absolute atomic E-state index is 10.4. The first-order chi connectivity index (χ1) is 49.7. The zero-order chi connectivity index (χ0) is 74.5. The highest BCUT2D eigenvalue weighted by Crippen LogP contribution is 2.33. The SMILES string of the molecule is C.C.COc1cc(C)cc(CNC(C)C(O)c2ccccc2)c1.COc1cc(CNC(C)C(O)c2ccccc2)cc(C)c1OC.COc1ccc(C)cc1CNC(C)C(O)c1ccccc1.COc1cccc(CNC(C)C(O)c2ccccc2)c1.C[C@H](NCc1ccccc1)[C@H](O)c1ccccc1. The van der Waals surface area contributed by atoms with Gasteiger partial charge in [-0.3, -0.25) is 0 Å². The van der Waals surface area contributed by atoms with E-state index in [9.17, 15) is 25.5 Å². The molecule has 8 unspecified atom stereocenters. The Balaban J connectivity index is 0.000000277. The molecule has 0 heterocycles. The van der Waals surface area contributed by atoms with E-state index in [0.717, 1.165) is 90.9 Å². The van der Waals surface area contributed by atoms with Crippen LogP contribution in [0.5, 0.6) is 28.7 Å². The van der Waals surface area contributed by atoms with Gasteiger partial charge in [0, 0.05) is 68.5 Å². The van der Waals surface area contributed by atoms with Crippen LogP contribution >= 0.6 is 0 Å². The van der Waals surface area contributed by atoms with Crippen LogP contribution in [0, 0.1) is 20.8 Å². The van der Waals surface area contributed by atoms with Crippen molar-refractivity contribution in [2.75, 3.05) is 35.5 Å². The lowest BCUT2D eigenvalue weighted by atomic mass is 10.0. The standard InChI is InChI=1S/C19H25NO3.2C18H23NO2.C17H21NO2.C16H19NO.2CH4/c1-13-10-15(11-17(22-3)19(13)23-4)12-20-14(2)18(21)16-8-6-5-7-9-16;1-13-9-15(11-17(10-13)21-3)12-19-14(2)18(20)16-7-5-4-6-8-16;1-13-9-10-17(21-3)16(11-13)12-19-14(2)18(20)15-7-5-4-6-8-15;1-13(17(19)15-8-4-3-5-9-15)18-12-14-7-6-10-16(11-14)20-2;1-13(16(18)15-10-6-3-7-11-15)17-12-14-8-4-2-5-9-14;;/h5-11,14,18,20-21H,12H2,1-4H3;2*4-11,14,18-20H,12H2,1-3H3;3-11,13,17-19H,12H2,1-2H3;2-11,13,16-18H,12H2,1H3;2*1H4/t;;;;13-,16-;;/m....0../s1. The highest BCUT2D eigenvalue weighted by atomic mass is 16.5. The van der Waals surface area contributed by atoms with Gasteiger partial charge >= 0.3 is 0 Å². The maximum Gasteiger partial charge on any atom is 0.163 e. The smallest absolute Gasteiger partial charge is 0.163 e. The summed E-state index contributed by atoms with van der Waals surface area (Å²) >= 11 is 0. The van der Waals surface area contributed by atoms with E-state index >= 15 is 0 Å². The number of hydrogen-bond donors (Lipinski definition) is 10. The van der Waals surface area contributed by atoms with E-state index < -0.39 is 30.5 Å².